The standard InChI is InChI=1S/C13H16N4O2/c14-13-8-3-1-2-4-9(8)15-12(16-13)7-17-5-10(18)11(19)6-17/h1-4,10-11,18-19H,5-7H2,(H2,14,15,16). The molecule has 6 nitrogen and oxygen atoms in total. The molecule has 0 bridgehead atoms. The molecule has 19 heavy (non-hydrogen) atoms. The first kappa shape index (κ1) is 12.3. The third-order valence-corrected chi connectivity index (χ3v) is 3.38. The number of fused-ring (bicyclic) bond motifs is 1. The van der Waals surface area contributed by atoms with Crippen molar-refractivity contribution < 1.29 is 10.2 Å². The van der Waals surface area contributed by atoms with E-state index in [1.54, 1.807) is 0 Å². The number of likely N-dealkylation sites (tertiary alicyclic amines) is 1. The number of para-hydroxylation sites is 1. The van der Waals surface area contributed by atoms with Crippen LogP contribution < -0.4 is 5.73 Å². The number of hydrogen-bond donors (Lipinski definition) is 3. The molecule has 1 saturated heterocycles. The summed E-state index contributed by atoms with van der Waals surface area (Å²) in [6.45, 7) is 1.33. The molecule has 2 unspecified atom stereocenters. The van der Waals surface area contributed by atoms with Crippen LogP contribution in [-0.2, 0) is 6.54 Å². The van der Waals surface area contributed by atoms with Crippen molar-refractivity contribution in [3.63, 3.8) is 0 Å². The molecule has 0 amide bonds. The number of nitrogens with zero attached hydrogens (tertiary/aromatic N) is 3. The van der Waals surface area contributed by atoms with E-state index in [1.165, 1.54) is 0 Å². The second kappa shape index (κ2) is 4.73. The summed E-state index contributed by atoms with van der Waals surface area (Å²) in [6.07, 6.45) is -1.39. The van der Waals surface area contributed by atoms with Crippen molar-refractivity contribution in [1.82, 2.24) is 14.9 Å². The highest BCUT2D eigenvalue weighted by Crippen LogP contribution is 2.19. The van der Waals surface area contributed by atoms with E-state index >= 15 is 0 Å². The van der Waals surface area contributed by atoms with Gasteiger partial charge in [0.25, 0.3) is 0 Å². The predicted octanol–water partition coefficient (Wildman–Crippen LogP) is -0.251. The van der Waals surface area contributed by atoms with Gasteiger partial charge < -0.3 is 15.9 Å². The minimum atomic E-state index is -0.696. The van der Waals surface area contributed by atoms with Crippen molar-refractivity contribution in [2.45, 2.75) is 18.8 Å². The van der Waals surface area contributed by atoms with Gasteiger partial charge in [-0.1, -0.05) is 12.1 Å². The number of nitrogen functional groups attached to an aromatic ring is 1. The van der Waals surface area contributed by atoms with Crippen LogP contribution in [0.2, 0.25) is 0 Å². The van der Waals surface area contributed by atoms with Gasteiger partial charge in [0.05, 0.1) is 24.3 Å². The zero-order valence-electron chi connectivity index (χ0n) is 10.4. The van der Waals surface area contributed by atoms with E-state index in [9.17, 15) is 10.2 Å². The number of nitrogens with two attached hydrogens (primary N) is 1. The van der Waals surface area contributed by atoms with Crippen LogP contribution in [0.1, 0.15) is 5.82 Å². The van der Waals surface area contributed by atoms with Crippen LogP contribution in [0.25, 0.3) is 10.9 Å². The van der Waals surface area contributed by atoms with Crippen LogP contribution >= 0.6 is 0 Å². The van der Waals surface area contributed by atoms with E-state index in [1.807, 2.05) is 29.2 Å². The van der Waals surface area contributed by atoms with Crippen LogP contribution in [0, 0.1) is 0 Å². The van der Waals surface area contributed by atoms with E-state index in [4.69, 9.17) is 5.73 Å². The molecule has 3 rings (SSSR count). The monoisotopic (exact) mass is 260 g/mol. The zero-order valence-corrected chi connectivity index (χ0v) is 10.4. The van der Waals surface area contributed by atoms with E-state index in [0.29, 0.717) is 31.3 Å². The molecule has 1 fully saturated rings. The van der Waals surface area contributed by atoms with Crippen LogP contribution in [0.4, 0.5) is 5.82 Å². The van der Waals surface area contributed by atoms with Gasteiger partial charge in [-0.05, 0) is 12.1 Å². The Kier molecular flexibility index (Phi) is 3.06. The molecule has 1 aliphatic heterocycles. The average molecular weight is 260 g/mol. The molecule has 2 aromatic rings. The summed E-state index contributed by atoms with van der Waals surface area (Å²) in [6, 6.07) is 7.58. The lowest BCUT2D eigenvalue weighted by atomic mass is 10.2. The Morgan fingerprint density at radius 3 is 2.58 bits per heavy atom. The maximum Gasteiger partial charge on any atom is 0.145 e. The number of anilines is 1. The predicted molar refractivity (Wildman–Crippen MR) is 71.2 cm³/mol. The molecule has 4 N–H and O–H groups in total. The van der Waals surface area contributed by atoms with Crippen molar-refractivity contribution in [2.24, 2.45) is 0 Å². The first-order valence-electron chi connectivity index (χ1n) is 6.23. The second-order valence-corrected chi connectivity index (χ2v) is 4.87. The third kappa shape index (κ3) is 2.37. The second-order valence-electron chi connectivity index (χ2n) is 4.87. The van der Waals surface area contributed by atoms with Crippen molar-refractivity contribution in [3.8, 4) is 0 Å². The lowest BCUT2D eigenvalue weighted by Gasteiger charge is -2.14. The summed E-state index contributed by atoms with van der Waals surface area (Å²) in [5.41, 5.74) is 6.73. The Hall–Kier alpha value is -1.76. The molecule has 2 atom stereocenters. The fourth-order valence-electron chi connectivity index (χ4n) is 2.40. The molecule has 2 heterocycles. The summed E-state index contributed by atoms with van der Waals surface area (Å²) < 4.78 is 0. The molecule has 0 radical (unpaired) electrons. The quantitative estimate of drug-likeness (QED) is 0.689. The number of aromatic nitrogens is 2. The highest BCUT2D eigenvalue weighted by Gasteiger charge is 2.29. The number of aliphatic hydroxyl groups excluding tert-OH is 2. The summed E-state index contributed by atoms with van der Waals surface area (Å²) in [7, 11) is 0. The molecular formula is C13H16N4O2. The Balaban J connectivity index is 1.86. The van der Waals surface area contributed by atoms with Crippen LogP contribution in [0.5, 0.6) is 0 Å². The molecule has 0 spiro atoms. The van der Waals surface area contributed by atoms with Gasteiger partial charge >= 0.3 is 0 Å². The van der Waals surface area contributed by atoms with Crippen LogP contribution in [-0.4, -0.2) is 50.4 Å². The molecule has 0 aliphatic carbocycles. The molecule has 6 heteroatoms. The summed E-state index contributed by atoms with van der Waals surface area (Å²) in [5, 5.41) is 19.9. The fraction of sp³-hybridized carbons (Fsp3) is 0.385. The number of aliphatic hydroxyl groups is 2. The summed E-state index contributed by atoms with van der Waals surface area (Å²) >= 11 is 0. The van der Waals surface area contributed by atoms with Gasteiger partial charge in [0.15, 0.2) is 0 Å². The first-order valence-corrected chi connectivity index (χ1v) is 6.23. The van der Waals surface area contributed by atoms with Gasteiger partial charge in [0, 0.05) is 18.5 Å². The Morgan fingerprint density at radius 2 is 1.84 bits per heavy atom. The highest BCUT2D eigenvalue weighted by molar-refractivity contribution is 5.87. The molecule has 100 valence electrons. The minimum absolute atomic E-state index is 0.428. The smallest absolute Gasteiger partial charge is 0.145 e. The molecule has 1 aromatic heterocycles. The highest BCUT2D eigenvalue weighted by atomic mass is 16.3. The van der Waals surface area contributed by atoms with Gasteiger partial charge in [0.2, 0.25) is 0 Å². The third-order valence-electron chi connectivity index (χ3n) is 3.38. The maximum absolute atomic E-state index is 9.52. The minimum Gasteiger partial charge on any atom is -0.389 e. The summed E-state index contributed by atoms with van der Waals surface area (Å²) in [5.74, 6) is 1.07. The van der Waals surface area contributed by atoms with Crippen molar-refractivity contribution in [2.75, 3.05) is 18.8 Å². The van der Waals surface area contributed by atoms with Crippen molar-refractivity contribution in [3.05, 3.63) is 30.1 Å². The first-order chi connectivity index (χ1) is 9.13. The lowest BCUT2D eigenvalue weighted by Crippen LogP contribution is -2.23. The topological polar surface area (TPSA) is 95.5 Å². The lowest BCUT2D eigenvalue weighted by molar-refractivity contribution is 0.0572. The normalized spacial score (nSPS) is 24.1. The van der Waals surface area contributed by atoms with Gasteiger partial charge in [-0.3, -0.25) is 4.90 Å². The molecule has 1 aliphatic rings. The van der Waals surface area contributed by atoms with E-state index in [-0.39, 0.29) is 0 Å². The largest absolute Gasteiger partial charge is 0.389 e. The molecule has 0 saturated carbocycles. The van der Waals surface area contributed by atoms with Gasteiger partial charge in [-0.25, -0.2) is 9.97 Å². The molecule has 1 aromatic carbocycles. The van der Waals surface area contributed by atoms with E-state index in [0.717, 1.165) is 10.9 Å². The maximum atomic E-state index is 9.52. The number of rotatable bonds is 2. The average Bonchev–Trinajstić information content (AvgIpc) is 2.68. The van der Waals surface area contributed by atoms with Gasteiger partial charge in [-0.15, -0.1) is 0 Å². The van der Waals surface area contributed by atoms with Crippen LogP contribution in [0.3, 0.4) is 0 Å². The number of hydrogen-bond acceptors (Lipinski definition) is 6. The van der Waals surface area contributed by atoms with Crippen LogP contribution in [0.15, 0.2) is 24.3 Å². The fourth-order valence-corrected chi connectivity index (χ4v) is 2.40. The number of benzene rings is 1. The number of β-amino-alcohol motifs (C(OH)–C–C–N with tert-alkyl or cyclic N) is 2. The van der Waals surface area contributed by atoms with Crippen molar-refractivity contribution >= 4 is 16.7 Å². The van der Waals surface area contributed by atoms with Crippen molar-refractivity contribution in [1.29, 1.82) is 0 Å². The van der Waals surface area contributed by atoms with E-state index < -0.39 is 12.2 Å². The molecular weight excluding hydrogens is 244 g/mol. The Labute approximate surface area is 110 Å². The Morgan fingerprint density at radius 1 is 1.16 bits per heavy atom. The summed E-state index contributed by atoms with van der Waals surface area (Å²) in [4.78, 5) is 10.6. The van der Waals surface area contributed by atoms with E-state index in [2.05, 4.69) is 9.97 Å². The SMILES string of the molecule is Nc1nc(CN2CC(O)C(O)C2)nc2ccccc12. The van der Waals surface area contributed by atoms with Gasteiger partial charge in [0.1, 0.15) is 11.6 Å². The van der Waals surface area contributed by atoms with Gasteiger partial charge in [-0.2, -0.15) is 0 Å². The zero-order chi connectivity index (χ0) is 13.4. The Bertz CT molecular complexity index is 594.